The molecule has 1 aromatic heterocycles. The molecule has 2 heterocycles. The molecule has 34 heavy (non-hydrogen) atoms. The standard InChI is InChI=1S/C27H28FNO5/c1-14-3-5-18-10-16(4-6-17(18)7-14)11-19-12-29(21-9-15(2)8-20(28)23(19)21)27-26(33)25(32)24(31)22(13-30)34-27/h3-10,12,22,24-27,30-33H,11,13H2,1-2H3/t22-,24-,25+,26-,27-/m1/s1. The van der Waals surface area contributed by atoms with E-state index in [1.807, 2.05) is 13.0 Å². The van der Waals surface area contributed by atoms with Gasteiger partial charge in [0.15, 0.2) is 6.23 Å². The van der Waals surface area contributed by atoms with Crippen LogP contribution >= 0.6 is 0 Å². The molecule has 1 fully saturated rings. The predicted molar refractivity (Wildman–Crippen MR) is 127 cm³/mol. The molecule has 0 unspecified atom stereocenters. The van der Waals surface area contributed by atoms with E-state index in [4.69, 9.17) is 4.74 Å². The highest BCUT2D eigenvalue weighted by Crippen LogP contribution is 2.35. The largest absolute Gasteiger partial charge is 0.394 e. The summed E-state index contributed by atoms with van der Waals surface area (Å²) in [5.41, 5.74) is 4.09. The van der Waals surface area contributed by atoms with Crippen molar-refractivity contribution in [3.63, 3.8) is 0 Å². The second kappa shape index (κ2) is 8.76. The molecule has 0 aliphatic carbocycles. The fraction of sp³-hybridized carbons (Fsp3) is 0.333. The summed E-state index contributed by atoms with van der Waals surface area (Å²) in [6.45, 7) is 3.29. The molecule has 6 nitrogen and oxygen atoms in total. The summed E-state index contributed by atoms with van der Waals surface area (Å²) in [6, 6.07) is 15.7. The summed E-state index contributed by atoms with van der Waals surface area (Å²) in [4.78, 5) is 0. The number of aromatic nitrogens is 1. The normalized spacial score (nSPS) is 25.3. The van der Waals surface area contributed by atoms with Gasteiger partial charge in [-0.25, -0.2) is 4.39 Å². The van der Waals surface area contributed by atoms with Crippen LogP contribution in [0.15, 0.2) is 54.7 Å². The predicted octanol–water partition coefficient (Wildman–Crippen LogP) is 3.11. The lowest BCUT2D eigenvalue weighted by atomic mass is 9.98. The van der Waals surface area contributed by atoms with Gasteiger partial charge in [-0.3, -0.25) is 0 Å². The first-order valence-electron chi connectivity index (χ1n) is 11.4. The molecule has 4 N–H and O–H groups in total. The Morgan fingerprint density at radius 1 is 0.882 bits per heavy atom. The third-order valence-electron chi connectivity index (χ3n) is 6.70. The van der Waals surface area contributed by atoms with Gasteiger partial charge in [-0.2, -0.15) is 0 Å². The van der Waals surface area contributed by atoms with Gasteiger partial charge in [0.2, 0.25) is 0 Å². The van der Waals surface area contributed by atoms with Crippen LogP contribution in [0.25, 0.3) is 21.7 Å². The van der Waals surface area contributed by atoms with Crippen molar-refractivity contribution in [2.75, 3.05) is 6.61 Å². The molecule has 0 saturated carbocycles. The molecule has 0 radical (unpaired) electrons. The molecule has 3 aromatic carbocycles. The van der Waals surface area contributed by atoms with Crippen molar-refractivity contribution >= 4 is 21.7 Å². The van der Waals surface area contributed by atoms with E-state index >= 15 is 4.39 Å². The van der Waals surface area contributed by atoms with Crippen LogP contribution in [0.1, 0.15) is 28.5 Å². The van der Waals surface area contributed by atoms with Gasteiger partial charge in [0.25, 0.3) is 0 Å². The van der Waals surface area contributed by atoms with Crippen molar-refractivity contribution < 1.29 is 29.6 Å². The summed E-state index contributed by atoms with van der Waals surface area (Å²) in [6.07, 6.45) is -4.43. The highest BCUT2D eigenvalue weighted by Gasteiger charge is 2.44. The first-order valence-corrected chi connectivity index (χ1v) is 11.4. The lowest BCUT2D eigenvalue weighted by Crippen LogP contribution is -2.56. The van der Waals surface area contributed by atoms with Crippen molar-refractivity contribution in [2.45, 2.75) is 50.9 Å². The molecule has 1 saturated heterocycles. The van der Waals surface area contributed by atoms with Crippen LogP contribution < -0.4 is 0 Å². The SMILES string of the molecule is Cc1ccc2cc(Cc3cn([C@@H]4O[C@H](CO)[C@@H](O)[C@H](O)[C@H]4O)c4cc(C)cc(F)c34)ccc2c1. The topological polar surface area (TPSA) is 95.1 Å². The van der Waals surface area contributed by atoms with Gasteiger partial charge in [-0.05, 0) is 59.9 Å². The summed E-state index contributed by atoms with van der Waals surface area (Å²) in [7, 11) is 0. The van der Waals surface area contributed by atoms with Gasteiger partial charge in [0.1, 0.15) is 30.2 Å². The Bertz CT molecular complexity index is 1360. The maximum Gasteiger partial charge on any atom is 0.163 e. The average Bonchev–Trinajstić information content (AvgIpc) is 3.15. The fourth-order valence-corrected chi connectivity index (χ4v) is 4.95. The summed E-state index contributed by atoms with van der Waals surface area (Å²) < 4.78 is 22.6. The molecule has 4 aromatic rings. The molecule has 5 atom stereocenters. The number of aliphatic hydroxyl groups excluding tert-OH is 4. The van der Waals surface area contributed by atoms with Crippen LogP contribution in [0.2, 0.25) is 0 Å². The minimum Gasteiger partial charge on any atom is -0.394 e. The lowest BCUT2D eigenvalue weighted by molar-refractivity contribution is -0.250. The maximum absolute atomic E-state index is 15.2. The summed E-state index contributed by atoms with van der Waals surface area (Å²) >= 11 is 0. The molecule has 0 bridgehead atoms. The van der Waals surface area contributed by atoms with Crippen LogP contribution in [0.4, 0.5) is 4.39 Å². The Hall–Kier alpha value is -2.81. The van der Waals surface area contributed by atoms with Gasteiger partial charge in [-0.1, -0.05) is 42.0 Å². The number of nitrogens with zero attached hydrogens (tertiary/aromatic N) is 1. The van der Waals surface area contributed by atoms with E-state index in [0.29, 0.717) is 28.5 Å². The van der Waals surface area contributed by atoms with Crippen molar-refractivity contribution in [2.24, 2.45) is 0 Å². The molecule has 178 valence electrons. The number of hydrogen-bond donors (Lipinski definition) is 4. The molecule has 5 rings (SSSR count). The minimum absolute atomic E-state index is 0.384. The average molecular weight is 466 g/mol. The number of fused-ring (bicyclic) bond motifs is 2. The molecule has 7 heteroatoms. The zero-order valence-electron chi connectivity index (χ0n) is 19.0. The number of benzene rings is 3. The molecule has 0 amide bonds. The Labute approximate surface area is 196 Å². The van der Waals surface area contributed by atoms with Crippen molar-refractivity contribution in [1.29, 1.82) is 0 Å². The Balaban J connectivity index is 1.60. The molecule has 1 aliphatic rings. The van der Waals surface area contributed by atoms with Crippen LogP contribution in [0.3, 0.4) is 0 Å². The van der Waals surface area contributed by atoms with E-state index in [9.17, 15) is 20.4 Å². The maximum atomic E-state index is 15.2. The minimum atomic E-state index is -1.52. The second-order valence-corrected chi connectivity index (χ2v) is 9.28. The van der Waals surface area contributed by atoms with Gasteiger partial charge < -0.3 is 29.7 Å². The number of rotatable bonds is 4. The third-order valence-corrected chi connectivity index (χ3v) is 6.70. The Kier molecular flexibility index (Phi) is 5.91. The molecular formula is C27H28FNO5. The van der Waals surface area contributed by atoms with Gasteiger partial charge >= 0.3 is 0 Å². The number of aryl methyl sites for hydroxylation is 2. The number of ether oxygens (including phenoxy) is 1. The van der Waals surface area contributed by atoms with Gasteiger partial charge in [0, 0.05) is 11.6 Å². The third kappa shape index (κ3) is 3.89. The Morgan fingerprint density at radius 3 is 2.38 bits per heavy atom. The van der Waals surface area contributed by atoms with E-state index in [0.717, 1.165) is 16.3 Å². The van der Waals surface area contributed by atoms with Crippen molar-refractivity contribution in [3.05, 3.63) is 82.8 Å². The van der Waals surface area contributed by atoms with Crippen molar-refractivity contribution in [1.82, 2.24) is 4.57 Å². The first-order chi connectivity index (χ1) is 16.3. The van der Waals surface area contributed by atoms with E-state index in [2.05, 4.69) is 30.3 Å². The lowest BCUT2D eigenvalue weighted by Gasteiger charge is -2.40. The quantitative estimate of drug-likeness (QED) is 0.372. The van der Waals surface area contributed by atoms with E-state index < -0.39 is 37.3 Å². The molecule has 1 aliphatic heterocycles. The van der Waals surface area contributed by atoms with Crippen LogP contribution in [-0.2, 0) is 11.2 Å². The highest BCUT2D eigenvalue weighted by atomic mass is 19.1. The van der Waals surface area contributed by atoms with Crippen LogP contribution in [0.5, 0.6) is 0 Å². The van der Waals surface area contributed by atoms with E-state index in [1.54, 1.807) is 23.8 Å². The summed E-state index contributed by atoms with van der Waals surface area (Å²) in [5.74, 6) is -0.384. The monoisotopic (exact) mass is 465 g/mol. The fourth-order valence-electron chi connectivity index (χ4n) is 4.95. The van der Waals surface area contributed by atoms with E-state index in [1.165, 1.54) is 11.6 Å². The van der Waals surface area contributed by atoms with Gasteiger partial charge in [-0.15, -0.1) is 0 Å². The zero-order valence-corrected chi connectivity index (χ0v) is 19.0. The zero-order chi connectivity index (χ0) is 24.1. The Morgan fingerprint density at radius 2 is 1.62 bits per heavy atom. The number of aliphatic hydroxyl groups is 4. The van der Waals surface area contributed by atoms with Crippen molar-refractivity contribution in [3.8, 4) is 0 Å². The van der Waals surface area contributed by atoms with Crippen LogP contribution in [-0.4, -0.2) is 56.0 Å². The molecule has 0 spiro atoms. The highest BCUT2D eigenvalue weighted by molar-refractivity contribution is 5.87. The summed E-state index contributed by atoms with van der Waals surface area (Å²) in [5, 5.41) is 43.4. The number of halogens is 1. The first kappa shape index (κ1) is 23.0. The van der Waals surface area contributed by atoms with E-state index in [-0.39, 0.29) is 5.82 Å². The molecular weight excluding hydrogens is 437 g/mol. The second-order valence-electron chi connectivity index (χ2n) is 9.28. The van der Waals surface area contributed by atoms with Gasteiger partial charge in [0.05, 0.1) is 12.1 Å². The van der Waals surface area contributed by atoms with Crippen LogP contribution in [0, 0.1) is 19.7 Å². The number of hydrogen-bond acceptors (Lipinski definition) is 5. The smallest absolute Gasteiger partial charge is 0.163 e.